The first-order valence-electron chi connectivity index (χ1n) is 5.41. The molecule has 2 rings (SSSR count). The maximum atomic E-state index is 12.2. The molecule has 0 aliphatic carbocycles. The molecule has 1 saturated heterocycles. The van der Waals surface area contributed by atoms with Gasteiger partial charge in [-0.3, -0.25) is 19.9 Å². The van der Waals surface area contributed by atoms with Crippen molar-refractivity contribution in [2.24, 2.45) is 5.73 Å². The van der Waals surface area contributed by atoms with Crippen LogP contribution in [0, 0.1) is 0 Å². The zero-order chi connectivity index (χ0) is 14.0. The number of imide groups is 1. The molecule has 0 saturated carbocycles. The van der Waals surface area contributed by atoms with Gasteiger partial charge in [0.1, 0.15) is 4.90 Å². The van der Waals surface area contributed by atoms with Crippen LogP contribution in [-0.2, 0) is 26.2 Å². The molecule has 0 radical (unpaired) electrons. The van der Waals surface area contributed by atoms with Crippen LogP contribution in [0.5, 0.6) is 0 Å². The fourth-order valence-corrected chi connectivity index (χ4v) is 2.91. The number of hydrogen-bond acceptors (Lipinski definition) is 6. The van der Waals surface area contributed by atoms with Crippen molar-refractivity contribution in [2.75, 3.05) is 13.1 Å². The number of nitrogens with one attached hydrogen (secondary N) is 1. The van der Waals surface area contributed by atoms with Gasteiger partial charge < -0.3 is 5.73 Å². The standard InChI is InChI=1S/C10H12N4O4S/c11-3-7-1-2-8(4-12-7)19(17,18)14-5-9(15)13-10(16)6-14/h1-2,4H,3,5-6,11H2,(H,13,15,16). The van der Waals surface area contributed by atoms with Gasteiger partial charge in [-0.05, 0) is 12.1 Å². The van der Waals surface area contributed by atoms with Gasteiger partial charge >= 0.3 is 0 Å². The molecule has 102 valence electrons. The number of pyridine rings is 1. The molecule has 19 heavy (non-hydrogen) atoms. The molecule has 1 aromatic heterocycles. The van der Waals surface area contributed by atoms with Crippen LogP contribution in [0.25, 0.3) is 0 Å². The van der Waals surface area contributed by atoms with Gasteiger partial charge in [0.15, 0.2) is 0 Å². The summed E-state index contributed by atoms with van der Waals surface area (Å²) in [4.78, 5) is 26.2. The predicted molar refractivity (Wildman–Crippen MR) is 64.0 cm³/mol. The molecule has 1 aliphatic rings. The number of piperazine rings is 1. The van der Waals surface area contributed by atoms with Crippen molar-refractivity contribution in [1.82, 2.24) is 14.6 Å². The van der Waals surface area contributed by atoms with Crippen LogP contribution in [0.3, 0.4) is 0 Å². The summed E-state index contributed by atoms with van der Waals surface area (Å²) in [5.41, 5.74) is 5.92. The van der Waals surface area contributed by atoms with E-state index in [9.17, 15) is 18.0 Å². The molecule has 0 bridgehead atoms. The highest BCUT2D eigenvalue weighted by Gasteiger charge is 2.32. The van der Waals surface area contributed by atoms with Crippen molar-refractivity contribution >= 4 is 21.8 Å². The zero-order valence-electron chi connectivity index (χ0n) is 9.87. The van der Waals surface area contributed by atoms with E-state index in [1.54, 1.807) is 0 Å². The second-order valence-electron chi connectivity index (χ2n) is 3.93. The van der Waals surface area contributed by atoms with Gasteiger partial charge in [-0.2, -0.15) is 4.31 Å². The van der Waals surface area contributed by atoms with Crippen LogP contribution in [-0.4, -0.2) is 42.6 Å². The first-order valence-corrected chi connectivity index (χ1v) is 6.85. The van der Waals surface area contributed by atoms with Crippen molar-refractivity contribution < 1.29 is 18.0 Å². The van der Waals surface area contributed by atoms with Gasteiger partial charge in [-0.25, -0.2) is 8.42 Å². The Morgan fingerprint density at radius 1 is 1.26 bits per heavy atom. The van der Waals surface area contributed by atoms with E-state index in [0.717, 1.165) is 10.5 Å². The molecule has 0 atom stereocenters. The Labute approximate surface area is 109 Å². The monoisotopic (exact) mass is 284 g/mol. The van der Waals surface area contributed by atoms with Crippen LogP contribution in [0.4, 0.5) is 0 Å². The number of carbonyl (C=O) groups excluding carboxylic acids is 2. The smallest absolute Gasteiger partial charge is 0.245 e. The van der Waals surface area contributed by atoms with E-state index >= 15 is 0 Å². The quantitative estimate of drug-likeness (QED) is 0.631. The molecule has 0 spiro atoms. The fraction of sp³-hybridized carbons (Fsp3) is 0.300. The summed E-state index contributed by atoms with van der Waals surface area (Å²) in [7, 11) is -3.90. The Kier molecular flexibility index (Phi) is 3.60. The average molecular weight is 284 g/mol. The molecule has 0 unspecified atom stereocenters. The Hall–Kier alpha value is -1.84. The van der Waals surface area contributed by atoms with E-state index < -0.39 is 21.8 Å². The highest BCUT2D eigenvalue weighted by molar-refractivity contribution is 7.89. The summed E-state index contributed by atoms with van der Waals surface area (Å²) in [6.07, 6.45) is 1.16. The van der Waals surface area contributed by atoms with Gasteiger partial charge in [0, 0.05) is 12.7 Å². The molecular formula is C10H12N4O4S. The molecule has 0 aromatic carbocycles. The van der Waals surface area contributed by atoms with Crippen LogP contribution in [0.15, 0.2) is 23.2 Å². The van der Waals surface area contributed by atoms with Gasteiger partial charge in [-0.15, -0.1) is 0 Å². The summed E-state index contributed by atoms with van der Waals surface area (Å²) in [5, 5.41) is 2.03. The Bertz CT molecular complexity index is 595. The molecule has 1 aliphatic heterocycles. The third-order valence-electron chi connectivity index (χ3n) is 2.56. The highest BCUT2D eigenvalue weighted by Crippen LogP contribution is 2.15. The second kappa shape index (κ2) is 5.03. The number of carbonyl (C=O) groups is 2. The molecule has 1 aromatic rings. The SMILES string of the molecule is NCc1ccc(S(=O)(=O)N2CC(=O)NC(=O)C2)cn1. The van der Waals surface area contributed by atoms with E-state index in [1.165, 1.54) is 12.1 Å². The number of rotatable bonds is 3. The lowest BCUT2D eigenvalue weighted by Crippen LogP contribution is -2.53. The van der Waals surface area contributed by atoms with E-state index in [1.807, 2.05) is 5.32 Å². The molecule has 8 nitrogen and oxygen atoms in total. The third-order valence-corrected chi connectivity index (χ3v) is 4.34. The van der Waals surface area contributed by atoms with Gasteiger partial charge in [-0.1, -0.05) is 0 Å². The maximum Gasteiger partial charge on any atom is 0.245 e. The molecule has 1 fully saturated rings. The summed E-state index contributed by atoms with van der Waals surface area (Å²) in [5.74, 6) is -1.29. The Morgan fingerprint density at radius 3 is 2.37 bits per heavy atom. The number of hydrogen-bond donors (Lipinski definition) is 2. The highest BCUT2D eigenvalue weighted by atomic mass is 32.2. The van der Waals surface area contributed by atoms with Crippen molar-refractivity contribution in [3.63, 3.8) is 0 Å². The minimum absolute atomic E-state index is 0.0767. The van der Waals surface area contributed by atoms with Gasteiger partial charge in [0.05, 0.1) is 18.8 Å². The maximum absolute atomic E-state index is 12.2. The number of amides is 2. The van der Waals surface area contributed by atoms with Gasteiger partial charge in [0.2, 0.25) is 21.8 Å². The van der Waals surface area contributed by atoms with Crippen molar-refractivity contribution in [1.29, 1.82) is 0 Å². The van der Waals surface area contributed by atoms with E-state index in [2.05, 4.69) is 4.98 Å². The van der Waals surface area contributed by atoms with Crippen molar-refractivity contribution in [3.05, 3.63) is 24.0 Å². The first-order chi connectivity index (χ1) is 8.93. The first kappa shape index (κ1) is 13.6. The second-order valence-corrected chi connectivity index (χ2v) is 5.87. The normalized spacial score (nSPS) is 17.3. The molecular weight excluding hydrogens is 272 g/mol. The zero-order valence-corrected chi connectivity index (χ0v) is 10.7. The van der Waals surface area contributed by atoms with Crippen LogP contribution < -0.4 is 11.1 Å². The Morgan fingerprint density at radius 2 is 1.89 bits per heavy atom. The molecule has 2 heterocycles. The van der Waals surface area contributed by atoms with Crippen LogP contribution >= 0.6 is 0 Å². The van der Waals surface area contributed by atoms with Gasteiger partial charge in [0.25, 0.3) is 0 Å². The minimum Gasteiger partial charge on any atom is -0.325 e. The lowest BCUT2D eigenvalue weighted by Gasteiger charge is -2.24. The third kappa shape index (κ3) is 2.78. The van der Waals surface area contributed by atoms with Crippen LogP contribution in [0.1, 0.15) is 5.69 Å². The van der Waals surface area contributed by atoms with Crippen LogP contribution in [0.2, 0.25) is 0 Å². The Balaban J connectivity index is 2.30. The summed E-state index contributed by atoms with van der Waals surface area (Å²) < 4.78 is 25.2. The lowest BCUT2D eigenvalue weighted by molar-refractivity contribution is -0.134. The predicted octanol–water partition coefficient (Wildman–Crippen LogP) is -1.81. The number of nitrogens with zero attached hydrogens (tertiary/aromatic N) is 2. The summed E-state index contributed by atoms with van der Waals surface area (Å²) in [6, 6.07) is 2.83. The molecule has 9 heteroatoms. The number of sulfonamides is 1. The average Bonchev–Trinajstić information content (AvgIpc) is 2.37. The summed E-state index contributed by atoms with van der Waals surface area (Å²) in [6.45, 7) is -0.565. The number of nitrogens with two attached hydrogens (primary N) is 1. The molecule has 2 amide bonds. The van der Waals surface area contributed by atoms with E-state index in [-0.39, 0.29) is 24.5 Å². The fourth-order valence-electron chi connectivity index (χ4n) is 1.61. The van der Waals surface area contributed by atoms with Crippen molar-refractivity contribution in [2.45, 2.75) is 11.4 Å². The van der Waals surface area contributed by atoms with E-state index in [0.29, 0.717) is 5.69 Å². The topological polar surface area (TPSA) is 122 Å². The lowest BCUT2D eigenvalue weighted by atomic mass is 10.4. The molecule has 3 N–H and O–H groups in total. The number of aromatic nitrogens is 1. The van der Waals surface area contributed by atoms with Crippen molar-refractivity contribution in [3.8, 4) is 0 Å². The minimum atomic E-state index is -3.90. The van der Waals surface area contributed by atoms with E-state index in [4.69, 9.17) is 5.73 Å². The largest absolute Gasteiger partial charge is 0.325 e. The summed E-state index contributed by atoms with van der Waals surface area (Å²) >= 11 is 0.